The third-order valence-electron chi connectivity index (χ3n) is 2.93. The number of hydrogen-bond acceptors (Lipinski definition) is 3. The van der Waals surface area contributed by atoms with Gasteiger partial charge in [-0.15, -0.1) is 11.3 Å². The van der Waals surface area contributed by atoms with Crippen molar-refractivity contribution in [3.05, 3.63) is 56.1 Å². The predicted octanol–water partition coefficient (Wildman–Crippen LogP) is 4.79. The van der Waals surface area contributed by atoms with Crippen molar-refractivity contribution in [2.24, 2.45) is 0 Å². The summed E-state index contributed by atoms with van der Waals surface area (Å²) in [5, 5.41) is 10.9. The summed E-state index contributed by atoms with van der Waals surface area (Å²) in [7, 11) is 0. The fraction of sp³-hybridized carbons (Fsp3) is 0.143. The van der Waals surface area contributed by atoms with Gasteiger partial charge in [-0.1, -0.05) is 12.1 Å². The first kappa shape index (κ1) is 12.8. The van der Waals surface area contributed by atoms with Crippen LogP contribution < -0.4 is 0 Å². The molecule has 1 aromatic carbocycles. The van der Waals surface area contributed by atoms with Gasteiger partial charge < -0.3 is 9.52 Å². The number of hydrogen-bond donors (Lipinski definition) is 1. The van der Waals surface area contributed by atoms with Crippen molar-refractivity contribution >= 4 is 38.2 Å². The average Bonchev–Trinajstić information content (AvgIpc) is 2.94. The van der Waals surface area contributed by atoms with Gasteiger partial charge in [-0.3, -0.25) is 0 Å². The Balaban J connectivity index is 2.06. The molecule has 0 fully saturated rings. The first-order valence-electron chi connectivity index (χ1n) is 5.68. The number of thiophene rings is 1. The third kappa shape index (κ3) is 2.22. The van der Waals surface area contributed by atoms with E-state index in [4.69, 9.17) is 4.42 Å². The summed E-state index contributed by atoms with van der Waals surface area (Å²) in [6, 6.07) is 8.25. The minimum atomic E-state index is -0.873. The molecule has 3 aromatic rings. The van der Waals surface area contributed by atoms with Gasteiger partial charge in [0.2, 0.25) is 0 Å². The SMILES string of the molecule is Cc1sc(C(O)c2cc3cccc(F)c3o2)cc1Br. The summed E-state index contributed by atoms with van der Waals surface area (Å²) in [5.74, 6) is -0.0617. The lowest BCUT2D eigenvalue weighted by molar-refractivity contribution is 0.195. The Morgan fingerprint density at radius 2 is 2.16 bits per heavy atom. The van der Waals surface area contributed by atoms with Crippen molar-refractivity contribution in [1.82, 2.24) is 0 Å². The fourth-order valence-electron chi connectivity index (χ4n) is 1.94. The van der Waals surface area contributed by atoms with E-state index < -0.39 is 11.9 Å². The maximum Gasteiger partial charge on any atom is 0.170 e. The molecule has 2 nitrogen and oxygen atoms in total. The fourth-order valence-corrected chi connectivity index (χ4v) is 3.49. The summed E-state index contributed by atoms with van der Waals surface area (Å²) in [5.41, 5.74) is 0.184. The van der Waals surface area contributed by atoms with Crippen LogP contribution in [0.2, 0.25) is 0 Å². The molecule has 1 N–H and O–H groups in total. The lowest BCUT2D eigenvalue weighted by Gasteiger charge is -2.03. The Morgan fingerprint density at radius 3 is 2.79 bits per heavy atom. The van der Waals surface area contributed by atoms with Crippen LogP contribution in [0.15, 0.2) is 39.2 Å². The van der Waals surface area contributed by atoms with Crippen LogP contribution in [0.3, 0.4) is 0 Å². The highest BCUT2D eigenvalue weighted by Gasteiger charge is 2.19. The molecule has 0 saturated carbocycles. The van der Waals surface area contributed by atoms with Crippen LogP contribution >= 0.6 is 27.3 Å². The molecule has 3 rings (SSSR count). The van der Waals surface area contributed by atoms with Gasteiger partial charge in [0.05, 0.1) is 0 Å². The molecule has 98 valence electrons. The van der Waals surface area contributed by atoms with Gasteiger partial charge >= 0.3 is 0 Å². The number of aryl methyl sites for hydroxylation is 1. The highest BCUT2D eigenvalue weighted by atomic mass is 79.9. The van der Waals surface area contributed by atoms with Crippen LogP contribution in [-0.4, -0.2) is 5.11 Å². The number of aliphatic hydroxyl groups excluding tert-OH is 1. The van der Waals surface area contributed by atoms with Crippen molar-refractivity contribution in [2.45, 2.75) is 13.0 Å². The molecule has 0 aliphatic heterocycles. The summed E-state index contributed by atoms with van der Waals surface area (Å²) in [6.07, 6.45) is -0.873. The largest absolute Gasteiger partial charge is 0.455 e. The van der Waals surface area contributed by atoms with E-state index in [9.17, 15) is 9.50 Å². The molecular weight excluding hydrogens is 331 g/mol. The van der Waals surface area contributed by atoms with E-state index >= 15 is 0 Å². The number of rotatable bonds is 2. The summed E-state index contributed by atoms with van der Waals surface area (Å²) < 4.78 is 19.9. The lowest BCUT2D eigenvalue weighted by Crippen LogP contribution is -1.94. The highest BCUT2D eigenvalue weighted by molar-refractivity contribution is 9.10. The number of benzene rings is 1. The van der Waals surface area contributed by atoms with Gasteiger partial charge in [0.15, 0.2) is 11.4 Å². The van der Waals surface area contributed by atoms with E-state index in [1.54, 1.807) is 18.2 Å². The molecule has 0 aliphatic carbocycles. The first-order chi connectivity index (χ1) is 9.06. The number of fused-ring (bicyclic) bond motifs is 1. The highest BCUT2D eigenvalue weighted by Crippen LogP contribution is 2.35. The van der Waals surface area contributed by atoms with Gasteiger partial charge in [-0.05, 0) is 41.1 Å². The van der Waals surface area contributed by atoms with Crippen LogP contribution in [-0.2, 0) is 0 Å². The van der Waals surface area contributed by atoms with Gasteiger partial charge in [0, 0.05) is 19.6 Å². The van der Waals surface area contributed by atoms with E-state index in [1.807, 2.05) is 13.0 Å². The maximum absolute atomic E-state index is 13.6. The topological polar surface area (TPSA) is 33.4 Å². The van der Waals surface area contributed by atoms with Gasteiger partial charge in [-0.2, -0.15) is 0 Å². The number of para-hydroxylation sites is 1. The number of halogens is 2. The molecular formula is C14H10BrFO2S. The minimum absolute atomic E-state index is 0.184. The van der Waals surface area contributed by atoms with Crippen LogP contribution in [0.5, 0.6) is 0 Å². The molecule has 0 amide bonds. The van der Waals surface area contributed by atoms with Crippen LogP contribution in [0.1, 0.15) is 21.6 Å². The minimum Gasteiger partial charge on any atom is -0.455 e. The molecule has 0 spiro atoms. The third-order valence-corrected chi connectivity index (χ3v) is 5.12. The summed E-state index contributed by atoms with van der Waals surface area (Å²) in [4.78, 5) is 1.85. The monoisotopic (exact) mass is 340 g/mol. The Kier molecular flexibility index (Phi) is 3.20. The zero-order valence-corrected chi connectivity index (χ0v) is 12.4. The average molecular weight is 341 g/mol. The van der Waals surface area contributed by atoms with Gasteiger partial charge in [0.25, 0.3) is 0 Å². The molecule has 5 heteroatoms. The van der Waals surface area contributed by atoms with Crippen molar-refractivity contribution in [2.75, 3.05) is 0 Å². The van der Waals surface area contributed by atoms with Gasteiger partial charge in [-0.25, -0.2) is 4.39 Å². The van der Waals surface area contributed by atoms with Crippen molar-refractivity contribution < 1.29 is 13.9 Å². The quantitative estimate of drug-likeness (QED) is 0.727. The standard InChI is InChI=1S/C14H10BrFO2S/c1-7-9(15)6-12(19-7)13(17)11-5-8-3-2-4-10(16)14(8)18-11/h2-6,13,17H,1H3. The molecule has 0 aliphatic rings. The van der Waals surface area contributed by atoms with E-state index in [2.05, 4.69) is 15.9 Å². The van der Waals surface area contributed by atoms with Gasteiger partial charge in [0.1, 0.15) is 11.9 Å². The Hall–Kier alpha value is -1.17. The second-order valence-corrected chi connectivity index (χ2v) is 6.40. The molecule has 2 heterocycles. The van der Waals surface area contributed by atoms with E-state index in [0.29, 0.717) is 11.1 Å². The zero-order valence-electron chi connectivity index (χ0n) is 9.98. The van der Waals surface area contributed by atoms with E-state index in [-0.39, 0.29) is 5.58 Å². The summed E-state index contributed by atoms with van der Waals surface area (Å²) in [6.45, 7) is 1.96. The molecule has 0 bridgehead atoms. The summed E-state index contributed by atoms with van der Waals surface area (Å²) >= 11 is 4.89. The first-order valence-corrected chi connectivity index (χ1v) is 7.29. The van der Waals surface area contributed by atoms with Crippen LogP contribution in [0.4, 0.5) is 4.39 Å². The van der Waals surface area contributed by atoms with E-state index in [0.717, 1.165) is 14.2 Å². The Labute approximate surface area is 121 Å². The Morgan fingerprint density at radius 1 is 1.37 bits per heavy atom. The van der Waals surface area contributed by atoms with Crippen LogP contribution in [0.25, 0.3) is 11.0 Å². The molecule has 2 aromatic heterocycles. The van der Waals surface area contributed by atoms with E-state index in [1.165, 1.54) is 17.4 Å². The second-order valence-electron chi connectivity index (χ2n) is 4.26. The normalized spacial score (nSPS) is 13.1. The zero-order chi connectivity index (χ0) is 13.6. The smallest absolute Gasteiger partial charge is 0.170 e. The molecule has 0 saturated heterocycles. The number of aliphatic hydroxyl groups is 1. The van der Waals surface area contributed by atoms with Crippen molar-refractivity contribution in [3.63, 3.8) is 0 Å². The molecule has 19 heavy (non-hydrogen) atoms. The van der Waals surface area contributed by atoms with Crippen molar-refractivity contribution in [3.8, 4) is 0 Å². The maximum atomic E-state index is 13.6. The number of furan rings is 1. The molecule has 1 atom stereocenters. The predicted molar refractivity (Wildman–Crippen MR) is 77.0 cm³/mol. The van der Waals surface area contributed by atoms with Crippen LogP contribution in [0, 0.1) is 12.7 Å². The lowest BCUT2D eigenvalue weighted by atomic mass is 10.2. The molecule has 1 unspecified atom stereocenters. The second kappa shape index (κ2) is 4.74. The van der Waals surface area contributed by atoms with Crippen molar-refractivity contribution in [1.29, 1.82) is 0 Å². The Bertz CT molecular complexity index is 728. The molecule has 0 radical (unpaired) electrons.